The van der Waals surface area contributed by atoms with Gasteiger partial charge >= 0.3 is 0 Å². The summed E-state index contributed by atoms with van der Waals surface area (Å²) in [6.07, 6.45) is 0. The first-order valence-electron chi connectivity index (χ1n) is 8.89. The van der Waals surface area contributed by atoms with E-state index in [1.54, 1.807) is 12.1 Å². The highest BCUT2D eigenvalue weighted by Crippen LogP contribution is 2.34. The van der Waals surface area contributed by atoms with Crippen LogP contribution in [0.1, 0.15) is 11.1 Å². The molecule has 4 rings (SSSR count). The summed E-state index contributed by atoms with van der Waals surface area (Å²) < 4.78 is 0. The molecule has 3 aromatic carbocycles. The van der Waals surface area contributed by atoms with Gasteiger partial charge in [-0.2, -0.15) is 0 Å². The zero-order valence-electron chi connectivity index (χ0n) is 15.5. The molecule has 5 heteroatoms. The molecule has 0 spiro atoms. The zero-order chi connectivity index (χ0) is 19.7. The van der Waals surface area contributed by atoms with Crippen molar-refractivity contribution in [1.82, 2.24) is 15.2 Å². The summed E-state index contributed by atoms with van der Waals surface area (Å²) >= 11 is 6.00. The number of hydrogen-bond donors (Lipinski definition) is 1. The standard InChI is InChI=1S/C23H18ClN3O/c1-14-12-18(13-15(2)22(14)28)20-21(16-6-4-3-5-7-16)26-27-23(25-20)17-8-10-19(24)11-9-17/h3-13,28H,1-2H3. The van der Waals surface area contributed by atoms with Crippen molar-refractivity contribution in [3.63, 3.8) is 0 Å². The first kappa shape index (κ1) is 18.1. The second kappa shape index (κ2) is 7.41. The van der Waals surface area contributed by atoms with Gasteiger partial charge in [-0.1, -0.05) is 41.9 Å². The van der Waals surface area contributed by atoms with Crippen molar-refractivity contribution >= 4 is 11.6 Å². The van der Waals surface area contributed by atoms with Crippen molar-refractivity contribution < 1.29 is 5.11 Å². The van der Waals surface area contributed by atoms with Crippen LogP contribution >= 0.6 is 11.6 Å². The summed E-state index contributed by atoms with van der Waals surface area (Å²) in [5, 5.41) is 19.7. The third-order valence-electron chi connectivity index (χ3n) is 4.60. The maximum absolute atomic E-state index is 10.2. The van der Waals surface area contributed by atoms with Gasteiger partial charge in [0.25, 0.3) is 0 Å². The van der Waals surface area contributed by atoms with Gasteiger partial charge < -0.3 is 5.11 Å². The average Bonchev–Trinajstić information content (AvgIpc) is 2.72. The topological polar surface area (TPSA) is 58.9 Å². The van der Waals surface area contributed by atoms with Gasteiger partial charge in [-0.15, -0.1) is 10.2 Å². The average molecular weight is 388 g/mol. The number of hydrogen-bond acceptors (Lipinski definition) is 4. The van der Waals surface area contributed by atoms with Gasteiger partial charge in [0, 0.05) is 21.7 Å². The fourth-order valence-electron chi connectivity index (χ4n) is 3.13. The lowest BCUT2D eigenvalue weighted by molar-refractivity contribution is 0.467. The molecule has 28 heavy (non-hydrogen) atoms. The molecule has 4 aromatic rings. The number of aromatic nitrogens is 3. The quantitative estimate of drug-likeness (QED) is 0.479. The Kier molecular flexibility index (Phi) is 4.80. The number of nitrogens with zero attached hydrogens (tertiary/aromatic N) is 3. The van der Waals surface area contributed by atoms with Crippen LogP contribution in [0.5, 0.6) is 5.75 Å². The van der Waals surface area contributed by atoms with Crippen LogP contribution in [0.3, 0.4) is 0 Å². The normalized spacial score (nSPS) is 10.8. The SMILES string of the molecule is Cc1cc(-c2nc(-c3ccc(Cl)cc3)nnc2-c2ccccc2)cc(C)c1O. The molecule has 0 saturated carbocycles. The summed E-state index contributed by atoms with van der Waals surface area (Å²) in [4.78, 5) is 4.83. The monoisotopic (exact) mass is 387 g/mol. The number of rotatable bonds is 3. The number of phenolic OH excluding ortho intramolecular Hbond substituents is 1. The maximum atomic E-state index is 10.2. The molecule has 0 amide bonds. The van der Waals surface area contributed by atoms with Crippen molar-refractivity contribution in [2.24, 2.45) is 0 Å². The van der Waals surface area contributed by atoms with Crippen molar-refractivity contribution in [3.8, 4) is 39.7 Å². The summed E-state index contributed by atoms with van der Waals surface area (Å²) in [6, 6.07) is 21.0. The molecule has 0 atom stereocenters. The van der Waals surface area contributed by atoms with E-state index in [1.165, 1.54) is 0 Å². The van der Waals surface area contributed by atoms with Crippen molar-refractivity contribution in [3.05, 3.63) is 82.9 Å². The molecule has 1 N–H and O–H groups in total. The first-order chi connectivity index (χ1) is 13.5. The predicted octanol–water partition coefficient (Wildman–Crippen LogP) is 5.85. The van der Waals surface area contributed by atoms with Crippen LogP contribution < -0.4 is 0 Å². The maximum Gasteiger partial charge on any atom is 0.182 e. The lowest BCUT2D eigenvalue weighted by atomic mass is 9.99. The Morgan fingerprint density at radius 1 is 0.714 bits per heavy atom. The lowest BCUT2D eigenvalue weighted by Gasteiger charge is -2.12. The van der Waals surface area contributed by atoms with E-state index in [0.29, 0.717) is 22.3 Å². The molecule has 0 aliphatic heterocycles. The number of phenols is 1. The molecule has 1 heterocycles. The van der Waals surface area contributed by atoms with E-state index in [9.17, 15) is 5.11 Å². The minimum absolute atomic E-state index is 0.296. The van der Waals surface area contributed by atoms with Crippen LogP contribution in [-0.2, 0) is 0 Å². The lowest BCUT2D eigenvalue weighted by Crippen LogP contribution is -2.00. The Labute approximate surface area is 168 Å². The number of benzene rings is 3. The Balaban J connectivity index is 1.94. The van der Waals surface area contributed by atoms with E-state index in [0.717, 1.165) is 33.5 Å². The van der Waals surface area contributed by atoms with Gasteiger partial charge in [-0.25, -0.2) is 4.98 Å². The van der Waals surface area contributed by atoms with Gasteiger partial charge in [0.1, 0.15) is 17.1 Å². The molecule has 0 saturated heterocycles. The summed E-state index contributed by atoms with van der Waals surface area (Å²) in [5.41, 5.74) is 5.66. The summed E-state index contributed by atoms with van der Waals surface area (Å²) in [7, 11) is 0. The van der Waals surface area contributed by atoms with Crippen LogP contribution in [0.15, 0.2) is 66.7 Å². The Morgan fingerprint density at radius 2 is 1.36 bits per heavy atom. The molecule has 0 fully saturated rings. The number of halogens is 1. The Hall–Kier alpha value is -3.24. The molecular formula is C23H18ClN3O. The third-order valence-corrected chi connectivity index (χ3v) is 4.85. The van der Waals surface area contributed by atoms with Crippen LogP contribution in [-0.4, -0.2) is 20.3 Å². The van der Waals surface area contributed by atoms with Crippen LogP contribution in [0.2, 0.25) is 5.02 Å². The third kappa shape index (κ3) is 3.47. The van der Waals surface area contributed by atoms with E-state index < -0.39 is 0 Å². The van der Waals surface area contributed by atoms with Crippen molar-refractivity contribution in [2.45, 2.75) is 13.8 Å². The van der Waals surface area contributed by atoms with Crippen LogP contribution in [0.25, 0.3) is 33.9 Å². The smallest absolute Gasteiger partial charge is 0.182 e. The summed E-state index contributed by atoms with van der Waals surface area (Å²) in [5.74, 6) is 0.819. The zero-order valence-corrected chi connectivity index (χ0v) is 16.3. The summed E-state index contributed by atoms with van der Waals surface area (Å²) in [6.45, 7) is 3.76. The second-order valence-electron chi connectivity index (χ2n) is 6.66. The van der Waals surface area contributed by atoms with Gasteiger partial charge in [-0.05, 0) is 61.4 Å². The molecule has 1 aromatic heterocycles. The van der Waals surface area contributed by atoms with E-state index in [-0.39, 0.29) is 0 Å². The molecule has 0 aliphatic rings. The molecule has 4 nitrogen and oxygen atoms in total. The van der Waals surface area contributed by atoms with Crippen molar-refractivity contribution in [1.29, 1.82) is 0 Å². The molecule has 0 aliphatic carbocycles. The van der Waals surface area contributed by atoms with Gasteiger partial charge in [0.15, 0.2) is 5.82 Å². The molecular weight excluding hydrogens is 370 g/mol. The minimum Gasteiger partial charge on any atom is -0.507 e. The first-order valence-corrected chi connectivity index (χ1v) is 9.27. The van der Waals surface area contributed by atoms with Crippen LogP contribution in [0.4, 0.5) is 0 Å². The van der Waals surface area contributed by atoms with Crippen molar-refractivity contribution in [2.75, 3.05) is 0 Å². The molecule has 138 valence electrons. The fourth-order valence-corrected chi connectivity index (χ4v) is 3.26. The fraction of sp³-hybridized carbons (Fsp3) is 0.0870. The van der Waals surface area contributed by atoms with E-state index in [4.69, 9.17) is 16.6 Å². The highest BCUT2D eigenvalue weighted by Gasteiger charge is 2.16. The number of aryl methyl sites for hydroxylation is 2. The molecule has 0 unspecified atom stereocenters. The van der Waals surface area contributed by atoms with Gasteiger partial charge in [0.2, 0.25) is 0 Å². The molecule has 0 radical (unpaired) electrons. The highest BCUT2D eigenvalue weighted by atomic mass is 35.5. The van der Waals surface area contributed by atoms with Gasteiger partial charge in [0.05, 0.1) is 0 Å². The second-order valence-corrected chi connectivity index (χ2v) is 7.10. The molecule has 0 bridgehead atoms. The van der Waals surface area contributed by atoms with Gasteiger partial charge in [-0.3, -0.25) is 0 Å². The Bertz CT molecular complexity index is 1120. The minimum atomic E-state index is 0.296. The van der Waals surface area contributed by atoms with E-state index >= 15 is 0 Å². The Morgan fingerprint density at radius 3 is 2.00 bits per heavy atom. The highest BCUT2D eigenvalue weighted by molar-refractivity contribution is 6.30. The predicted molar refractivity (Wildman–Crippen MR) is 112 cm³/mol. The van der Waals surface area contributed by atoms with E-state index in [1.807, 2.05) is 68.4 Å². The number of aromatic hydroxyl groups is 1. The van der Waals surface area contributed by atoms with E-state index in [2.05, 4.69) is 10.2 Å². The largest absolute Gasteiger partial charge is 0.507 e. The van der Waals surface area contributed by atoms with Crippen LogP contribution in [0, 0.1) is 13.8 Å².